The number of nitrogens with zero attached hydrogens (tertiary/aromatic N) is 2. The zero-order chi connectivity index (χ0) is 14.5. The molecule has 1 aliphatic heterocycles. The van der Waals surface area contributed by atoms with E-state index in [0.29, 0.717) is 38.3 Å². The number of ether oxygens (including phenoxy) is 1. The van der Waals surface area contributed by atoms with E-state index in [0.717, 1.165) is 0 Å². The van der Waals surface area contributed by atoms with Crippen molar-refractivity contribution >= 4 is 6.09 Å². The van der Waals surface area contributed by atoms with Gasteiger partial charge >= 0.3 is 6.09 Å². The summed E-state index contributed by atoms with van der Waals surface area (Å²) in [6.45, 7) is 2.48. The third kappa shape index (κ3) is 3.68. The number of likely N-dealkylation sites (N-methyl/N-ethyl adjacent to an activating group) is 1. The van der Waals surface area contributed by atoms with Crippen LogP contribution in [0.25, 0.3) is 0 Å². The van der Waals surface area contributed by atoms with Crippen LogP contribution < -0.4 is 0 Å². The molecular formula is C14H19FN2O3. The number of aliphatic hydroxyl groups excluding tert-OH is 1. The molecule has 1 aromatic carbocycles. The monoisotopic (exact) mass is 282 g/mol. The quantitative estimate of drug-likeness (QED) is 0.853. The van der Waals surface area contributed by atoms with Crippen LogP contribution in [0.2, 0.25) is 0 Å². The molecule has 0 aromatic heterocycles. The van der Waals surface area contributed by atoms with E-state index in [4.69, 9.17) is 4.74 Å². The van der Waals surface area contributed by atoms with Gasteiger partial charge in [0.15, 0.2) is 0 Å². The molecule has 1 N–H and O–H groups in total. The van der Waals surface area contributed by atoms with E-state index in [1.807, 2.05) is 11.9 Å². The van der Waals surface area contributed by atoms with Crippen molar-refractivity contribution < 1.29 is 19.0 Å². The van der Waals surface area contributed by atoms with Gasteiger partial charge in [-0.05, 0) is 13.1 Å². The molecule has 1 saturated heterocycles. The first-order chi connectivity index (χ1) is 9.58. The van der Waals surface area contributed by atoms with Gasteiger partial charge in [0.1, 0.15) is 12.4 Å². The fraction of sp³-hybridized carbons (Fsp3) is 0.500. The zero-order valence-electron chi connectivity index (χ0n) is 11.5. The number of aliphatic hydroxyl groups is 1. The molecule has 110 valence electrons. The van der Waals surface area contributed by atoms with Crippen molar-refractivity contribution in [3.63, 3.8) is 0 Å². The van der Waals surface area contributed by atoms with Gasteiger partial charge in [-0.1, -0.05) is 18.2 Å². The molecule has 5 nitrogen and oxygen atoms in total. The number of hydrogen-bond donors (Lipinski definition) is 1. The van der Waals surface area contributed by atoms with Crippen molar-refractivity contribution in [3.8, 4) is 0 Å². The number of hydrogen-bond acceptors (Lipinski definition) is 4. The second kappa shape index (κ2) is 6.67. The Morgan fingerprint density at radius 3 is 2.90 bits per heavy atom. The summed E-state index contributed by atoms with van der Waals surface area (Å²) >= 11 is 0. The lowest BCUT2D eigenvalue weighted by atomic mass is 10.1. The largest absolute Gasteiger partial charge is 0.448 e. The maximum atomic E-state index is 13.5. The van der Waals surface area contributed by atoms with Gasteiger partial charge in [0.2, 0.25) is 0 Å². The molecule has 2 rings (SSSR count). The van der Waals surface area contributed by atoms with Crippen molar-refractivity contribution in [1.29, 1.82) is 0 Å². The Bertz CT molecular complexity index is 469. The highest BCUT2D eigenvalue weighted by Gasteiger charge is 2.22. The van der Waals surface area contributed by atoms with E-state index in [1.54, 1.807) is 23.1 Å². The van der Waals surface area contributed by atoms with Gasteiger partial charge in [-0.25, -0.2) is 9.18 Å². The number of cyclic esters (lactones) is 1. The van der Waals surface area contributed by atoms with Gasteiger partial charge in [0.05, 0.1) is 12.6 Å². The molecule has 6 heteroatoms. The molecule has 0 bridgehead atoms. The molecule has 0 radical (unpaired) electrons. The van der Waals surface area contributed by atoms with E-state index in [2.05, 4.69) is 0 Å². The second-order valence-electron chi connectivity index (χ2n) is 4.90. The summed E-state index contributed by atoms with van der Waals surface area (Å²) in [5.41, 5.74) is 0.292. The summed E-state index contributed by atoms with van der Waals surface area (Å²) in [4.78, 5) is 14.7. The molecule has 1 aromatic rings. The Kier molecular flexibility index (Phi) is 4.92. The van der Waals surface area contributed by atoms with Crippen LogP contribution in [0, 0.1) is 5.82 Å². The number of carbonyl (C=O) groups excluding carboxylic acids is 1. The maximum Gasteiger partial charge on any atom is 0.409 e. The molecule has 20 heavy (non-hydrogen) atoms. The topological polar surface area (TPSA) is 53.0 Å². The molecule has 0 aliphatic carbocycles. The van der Waals surface area contributed by atoms with Crippen molar-refractivity contribution in [2.45, 2.75) is 6.10 Å². The average molecular weight is 282 g/mol. The van der Waals surface area contributed by atoms with Gasteiger partial charge in [0, 0.05) is 25.2 Å². The highest BCUT2D eigenvalue weighted by Crippen LogP contribution is 2.17. The number of benzene rings is 1. The third-order valence-electron chi connectivity index (χ3n) is 3.35. The summed E-state index contributed by atoms with van der Waals surface area (Å²) in [5.74, 6) is -0.406. The van der Waals surface area contributed by atoms with Crippen LogP contribution in [0.4, 0.5) is 9.18 Å². The van der Waals surface area contributed by atoms with E-state index in [9.17, 15) is 14.3 Å². The molecule has 0 spiro atoms. The molecule has 1 amide bonds. The van der Waals surface area contributed by atoms with Gasteiger partial charge in [0.25, 0.3) is 0 Å². The van der Waals surface area contributed by atoms with Crippen LogP contribution in [-0.2, 0) is 4.74 Å². The van der Waals surface area contributed by atoms with E-state index < -0.39 is 11.9 Å². The molecule has 1 fully saturated rings. The zero-order valence-corrected chi connectivity index (χ0v) is 11.5. The normalized spacial score (nSPS) is 16.6. The summed E-state index contributed by atoms with van der Waals surface area (Å²) in [7, 11) is 1.82. The van der Waals surface area contributed by atoms with Crippen molar-refractivity contribution in [1.82, 2.24) is 9.80 Å². The van der Waals surface area contributed by atoms with E-state index in [1.165, 1.54) is 6.07 Å². The Balaban J connectivity index is 1.80. The Morgan fingerprint density at radius 1 is 1.50 bits per heavy atom. The lowest BCUT2D eigenvalue weighted by molar-refractivity contribution is 0.117. The summed E-state index contributed by atoms with van der Waals surface area (Å²) in [5, 5.41) is 10.0. The molecule has 1 atom stereocenters. The maximum absolute atomic E-state index is 13.5. The fourth-order valence-electron chi connectivity index (χ4n) is 2.15. The van der Waals surface area contributed by atoms with Gasteiger partial charge < -0.3 is 19.6 Å². The predicted molar refractivity (Wildman–Crippen MR) is 71.8 cm³/mol. The van der Waals surface area contributed by atoms with Crippen LogP contribution in [0.1, 0.15) is 11.7 Å². The minimum absolute atomic E-state index is 0.292. The summed E-state index contributed by atoms with van der Waals surface area (Å²) in [6.07, 6.45) is -1.18. The van der Waals surface area contributed by atoms with Crippen molar-refractivity contribution in [3.05, 3.63) is 35.6 Å². The van der Waals surface area contributed by atoms with Crippen LogP contribution in [0.5, 0.6) is 0 Å². The molecular weight excluding hydrogens is 263 g/mol. The summed E-state index contributed by atoms with van der Waals surface area (Å²) < 4.78 is 18.4. The highest BCUT2D eigenvalue weighted by molar-refractivity contribution is 5.69. The average Bonchev–Trinajstić information content (AvgIpc) is 2.82. The number of halogens is 1. The second-order valence-corrected chi connectivity index (χ2v) is 4.90. The van der Waals surface area contributed by atoms with Crippen LogP contribution in [0.15, 0.2) is 24.3 Å². The van der Waals surface area contributed by atoms with Gasteiger partial charge in [-0.3, -0.25) is 0 Å². The fourth-order valence-corrected chi connectivity index (χ4v) is 2.15. The Labute approximate surface area is 117 Å². The first kappa shape index (κ1) is 14.7. The standard InChI is InChI=1S/C14H19FN2O3/c1-16(6-7-17-8-9-20-14(17)19)10-13(18)11-4-2-3-5-12(11)15/h2-5,13,18H,6-10H2,1H3. The van der Waals surface area contributed by atoms with Crippen LogP contribution in [0.3, 0.4) is 0 Å². The van der Waals surface area contributed by atoms with E-state index in [-0.39, 0.29) is 6.09 Å². The Hall–Kier alpha value is -1.66. The lowest BCUT2D eigenvalue weighted by Crippen LogP contribution is -2.35. The SMILES string of the molecule is CN(CCN1CCOC1=O)CC(O)c1ccccc1F. The number of carbonyl (C=O) groups is 1. The summed E-state index contributed by atoms with van der Waals surface area (Å²) in [6, 6.07) is 6.20. The van der Waals surface area contributed by atoms with Gasteiger partial charge in [-0.2, -0.15) is 0 Å². The smallest absolute Gasteiger partial charge is 0.409 e. The minimum Gasteiger partial charge on any atom is -0.448 e. The highest BCUT2D eigenvalue weighted by atomic mass is 19.1. The predicted octanol–water partition coefficient (Wildman–Crippen LogP) is 1.24. The molecule has 0 saturated carbocycles. The minimum atomic E-state index is -0.883. The molecule has 1 aliphatic rings. The van der Waals surface area contributed by atoms with Crippen LogP contribution >= 0.6 is 0 Å². The Morgan fingerprint density at radius 2 is 2.25 bits per heavy atom. The van der Waals surface area contributed by atoms with Crippen molar-refractivity contribution in [2.24, 2.45) is 0 Å². The first-order valence-electron chi connectivity index (χ1n) is 6.60. The van der Waals surface area contributed by atoms with Crippen molar-refractivity contribution in [2.75, 3.05) is 39.8 Å². The lowest BCUT2D eigenvalue weighted by Gasteiger charge is -2.23. The number of amides is 1. The van der Waals surface area contributed by atoms with Gasteiger partial charge in [-0.15, -0.1) is 0 Å². The van der Waals surface area contributed by atoms with E-state index >= 15 is 0 Å². The number of rotatable bonds is 6. The third-order valence-corrected chi connectivity index (χ3v) is 3.35. The first-order valence-corrected chi connectivity index (χ1v) is 6.60. The molecule has 1 heterocycles. The molecule has 1 unspecified atom stereocenters. The van der Waals surface area contributed by atoms with Crippen LogP contribution in [-0.4, -0.2) is 60.8 Å².